The summed E-state index contributed by atoms with van der Waals surface area (Å²) in [5.74, 6) is 1.99. The van der Waals surface area contributed by atoms with Gasteiger partial charge in [-0.1, -0.05) is 26.7 Å². The number of fused-ring (bicyclic) bond motifs is 1. The number of ketones is 1. The van der Waals surface area contributed by atoms with Crippen LogP contribution in [0.5, 0.6) is 0 Å². The van der Waals surface area contributed by atoms with Crippen molar-refractivity contribution < 1.29 is 4.79 Å². The van der Waals surface area contributed by atoms with Gasteiger partial charge in [-0.3, -0.25) is 4.79 Å². The molecule has 0 amide bonds. The van der Waals surface area contributed by atoms with Crippen molar-refractivity contribution in [1.29, 1.82) is 0 Å². The zero-order valence-corrected chi connectivity index (χ0v) is 8.81. The van der Waals surface area contributed by atoms with Gasteiger partial charge in [0.05, 0.1) is 0 Å². The van der Waals surface area contributed by atoms with Crippen LogP contribution in [0, 0.1) is 17.3 Å². The Morgan fingerprint density at radius 1 is 1.38 bits per heavy atom. The molecular weight excluding hydrogens is 160 g/mol. The Kier molecular flexibility index (Phi) is 2.21. The lowest BCUT2D eigenvalue weighted by atomic mass is 9.57. The van der Waals surface area contributed by atoms with Gasteiger partial charge in [0, 0.05) is 12.8 Å². The van der Waals surface area contributed by atoms with Gasteiger partial charge in [-0.15, -0.1) is 0 Å². The average molecular weight is 180 g/mol. The molecule has 0 aromatic heterocycles. The van der Waals surface area contributed by atoms with Gasteiger partial charge in [0.25, 0.3) is 0 Å². The van der Waals surface area contributed by atoms with Crippen molar-refractivity contribution in [1.82, 2.24) is 0 Å². The smallest absolute Gasteiger partial charge is 0.133 e. The largest absolute Gasteiger partial charge is 0.300 e. The summed E-state index contributed by atoms with van der Waals surface area (Å²) in [4.78, 5) is 11.4. The molecule has 0 unspecified atom stereocenters. The van der Waals surface area contributed by atoms with Gasteiger partial charge in [0.1, 0.15) is 5.78 Å². The minimum atomic E-state index is 0.506. The first-order chi connectivity index (χ1) is 6.12. The molecule has 0 aromatic rings. The first-order valence-corrected chi connectivity index (χ1v) is 5.63. The van der Waals surface area contributed by atoms with E-state index in [1.807, 2.05) is 0 Å². The second-order valence-electron chi connectivity index (χ2n) is 5.37. The molecule has 74 valence electrons. The summed E-state index contributed by atoms with van der Waals surface area (Å²) in [5.41, 5.74) is 0.506. The molecule has 1 heteroatoms. The second-order valence-corrected chi connectivity index (χ2v) is 5.37. The third-order valence-electron chi connectivity index (χ3n) is 4.41. The molecule has 0 aromatic carbocycles. The Morgan fingerprint density at radius 2 is 2.15 bits per heavy atom. The predicted octanol–water partition coefficient (Wildman–Crippen LogP) is 3.18. The van der Waals surface area contributed by atoms with Crippen molar-refractivity contribution >= 4 is 5.78 Å². The molecule has 2 fully saturated rings. The summed E-state index contributed by atoms with van der Waals surface area (Å²) < 4.78 is 0. The van der Waals surface area contributed by atoms with Gasteiger partial charge in [-0.25, -0.2) is 0 Å². The fourth-order valence-electron chi connectivity index (χ4n) is 3.43. The second kappa shape index (κ2) is 3.11. The maximum absolute atomic E-state index is 11.4. The van der Waals surface area contributed by atoms with E-state index in [-0.39, 0.29) is 0 Å². The van der Waals surface area contributed by atoms with E-state index in [2.05, 4.69) is 13.8 Å². The van der Waals surface area contributed by atoms with E-state index in [0.717, 1.165) is 25.2 Å². The third-order valence-corrected chi connectivity index (χ3v) is 4.41. The zero-order valence-electron chi connectivity index (χ0n) is 8.81. The summed E-state index contributed by atoms with van der Waals surface area (Å²) in [6.45, 7) is 4.74. The molecule has 2 saturated carbocycles. The molecule has 2 rings (SSSR count). The molecule has 3 atom stereocenters. The van der Waals surface area contributed by atoms with Crippen molar-refractivity contribution in [3.8, 4) is 0 Å². The molecule has 2 aliphatic rings. The van der Waals surface area contributed by atoms with Gasteiger partial charge in [0.15, 0.2) is 0 Å². The van der Waals surface area contributed by atoms with E-state index in [4.69, 9.17) is 0 Å². The number of hydrogen-bond acceptors (Lipinski definition) is 1. The third kappa shape index (κ3) is 1.53. The van der Waals surface area contributed by atoms with Crippen LogP contribution >= 0.6 is 0 Å². The van der Waals surface area contributed by atoms with Crippen molar-refractivity contribution in [2.75, 3.05) is 0 Å². The summed E-state index contributed by atoms with van der Waals surface area (Å²) in [5, 5.41) is 0. The number of carbonyl (C=O) groups is 1. The zero-order chi connectivity index (χ0) is 9.47. The predicted molar refractivity (Wildman–Crippen MR) is 53.5 cm³/mol. The molecule has 1 nitrogen and oxygen atoms in total. The van der Waals surface area contributed by atoms with Gasteiger partial charge in [0.2, 0.25) is 0 Å². The molecule has 0 bridgehead atoms. The number of Topliss-reactive ketones (excluding diaryl/α,β-unsaturated/α-hetero) is 1. The Morgan fingerprint density at radius 3 is 2.92 bits per heavy atom. The molecule has 0 spiro atoms. The standard InChI is InChI=1S/C12H20O/c1-9-4-3-6-12(2)7-5-10(13)8-11(9)12/h9,11H,3-8H2,1-2H3/t9-,11-,12-/m1/s1. The van der Waals surface area contributed by atoms with Crippen LogP contribution in [0.4, 0.5) is 0 Å². The molecule has 2 aliphatic carbocycles. The van der Waals surface area contributed by atoms with Crippen LogP contribution in [0.25, 0.3) is 0 Å². The van der Waals surface area contributed by atoms with E-state index in [0.29, 0.717) is 17.1 Å². The van der Waals surface area contributed by atoms with E-state index in [9.17, 15) is 4.79 Å². The Hall–Kier alpha value is -0.330. The van der Waals surface area contributed by atoms with Gasteiger partial charge >= 0.3 is 0 Å². The molecule has 0 radical (unpaired) electrons. The van der Waals surface area contributed by atoms with E-state index in [1.165, 1.54) is 19.3 Å². The number of carbonyl (C=O) groups excluding carboxylic acids is 1. The van der Waals surface area contributed by atoms with E-state index < -0.39 is 0 Å². The molecule has 0 heterocycles. The monoisotopic (exact) mass is 180 g/mol. The van der Waals surface area contributed by atoms with Crippen LogP contribution in [-0.4, -0.2) is 5.78 Å². The normalized spacial score (nSPS) is 45.8. The number of rotatable bonds is 0. The molecule has 0 aliphatic heterocycles. The molecule has 0 saturated heterocycles. The van der Waals surface area contributed by atoms with Crippen LogP contribution in [0.1, 0.15) is 52.4 Å². The van der Waals surface area contributed by atoms with Crippen LogP contribution in [0.3, 0.4) is 0 Å². The van der Waals surface area contributed by atoms with Crippen LogP contribution in [0.15, 0.2) is 0 Å². The minimum Gasteiger partial charge on any atom is -0.300 e. The maximum atomic E-state index is 11.4. The lowest BCUT2D eigenvalue weighted by Crippen LogP contribution is -2.41. The summed E-state index contributed by atoms with van der Waals surface area (Å²) in [6, 6.07) is 0. The van der Waals surface area contributed by atoms with Gasteiger partial charge in [-0.2, -0.15) is 0 Å². The first kappa shape index (κ1) is 9.23. The van der Waals surface area contributed by atoms with Crippen molar-refractivity contribution in [2.45, 2.75) is 52.4 Å². The fraction of sp³-hybridized carbons (Fsp3) is 0.917. The highest BCUT2D eigenvalue weighted by molar-refractivity contribution is 5.79. The van der Waals surface area contributed by atoms with Crippen LogP contribution < -0.4 is 0 Å². The van der Waals surface area contributed by atoms with E-state index >= 15 is 0 Å². The van der Waals surface area contributed by atoms with Gasteiger partial charge < -0.3 is 0 Å². The first-order valence-electron chi connectivity index (χ1n) is 5.63. The Balaban J connectivity index is 2.17. The van der Waals surface area contributed by atoms with Crippen LogP contribution in [-0.2, 0) is 4.79 Å². The van der Waals surface area contributed by atoms with Crippen molar-refractivity contribution in [2.24, 2.45) is 17.3 Å². The molecule has 0 N–H and O–H groups in total. The van der Waals surface area contributed by atoms with Crippen LogP contribution in [0.2, 0.25) is 0 Å². The van der Waals surface area contributed by atoms with Crippen molar-refractivity contribution in [3.05, 3.63) is 0 Å². The van der Waals surface area contributed by atoms with Crippen molar-refractivity contribution in [3.63, 3.8) is 0 Å². The molecule has 13 heavy (non-hydrogen) atoms. The summed E-state index contributed by atoms with van der Waals surface area (Å²) >= 11 is 0. The topological polar surface area (TPSA) is 17.1 Å². The molecular formula is C12H20O. The lowest BCUT2D eigenvalue weighted by Gasteiger charge is -2.48. The highest BCUT2D eigenvalue weighted by Gasteiger charge is 2.43. The highest BCUT2D eigenvalue weighted by Crippen LogP contribution is 2.51. The van der Waals surface area contributed by atoms with Gasteiger partial charge in [-0.05, 0) is 30.1 Å². The summed E-state index contributed by atoms with van der Waals surface area (Å²) in [7, 11) is 0. The minimum absolute atomic E-state index is 0.506. The summed E-state index contributed by atoms with van der Waals surface area (Å²) in [6.07, 6.45) is 6.95. The fourth-order valence-corrected chi connectivity index (χ4v) is 3.43. The quantitative estimate of drug-likeness (QED) is 0.559. The number of hydrogen-bond donors (Lipinski definition) is 0. The lowest BCUT2D eigenvalue weighted by molar-refractivity contribution is -0.127. The highest BCUT2D eigenvalue weighted by atomic mass is 16.1. The Bertz CT molecular complexity index is 221. The maximum Gasteiger partial charge on any atom is 0.133 e. The SMILES string of the molecule is C[C@@H]1CCC[C@]2(C)CCC(=O)C[C@H]12. The Labute approximate surface area is 80.9 Å². The average Bonchev–Trinajstić information content (AvgIpc) is 2.08. The van der Waals surface area contributed by atoms with E-state index in [1.54, 1.807) is 0 Å².